The fourth-order valence-corrected chi connectivity index (χ4v) is 2.28. The van der Waals surface area contributed by atoms with E-state index in [4.69, 9.17) is 10.2 Å². The molecule has 1 aromatic heterocycles. The van der Waals surface area contributed by atoms with Crippen LogP contribution in [0.2, 0.25) is 0 Å². The number of hydrogen-bond acceptors (Lipinski definition) is 3. The van der Waals surface area contributed by atoms with Crippen molar-refractivity contribution in [1.29, 1.82) is 5.26 Å². The van der Waals surface area contributed by atoms with E-state index < -0.39 is 0 Å². The highest BCUT2D eigenvalue weighted by atomic mass is 15.1. The summed E-state index contributed by atoms with van der Waals surface area (Å²) in [5.41, 5.74) is 4.69. The van der Waals surface area contributed by atoms with Gasteiger partial charge >= 0.3 is 0 Å². The van der Waals surface area contributed by atoms with E-state index in [1.54, 1.807) is 0 Å². The van der Waals surface area contributed by atoms with Gasteiger partial charge in [0.2, 0.25) is 0 Å². The maximum Gasteiger partial charge on any atom is 0.132 e. The molecule has 0 spiro atoms. The fraction of sp³-hybridized carbons (Fsp3) is 0.375. The number of pyridine rings is 1. The van der Waals surface area contributed by atoms with Gasteiger partial charge in [-0.15, -0.1) is 0 Å². The molecule has 2 rings (SSSR count). The van der Waals surface area contributed by atoms with Gasteiger partial charge in [-0.05, 0) is 43.0 Å². The Morgan fingerprint density at radius 2 is 2.00 bits per heavy atom. The molecule has 0 amide bonds. The van der Waals surface area contributed by atoms with E-state index in [2.05, 4.69) is 38.1 Å². The lowest BCUT2D eigenvalue weighted by atomic mass is 10.0. The van der Waals surface area contributed by atoms with Crippen LogP contribution in [0, 0.1) is 25.2 Å². The molecule has 19 heavy (non-hydrogen) atoms. The smallest absolute Gasteiger partial charge is 0.132 e. The maximum absolute atomic E-state index is 8.77. The zero-order valence-electron chi connectivity index (χ0n) is 12.0. The van der Waals surface area contributed by atoms with Gasteiger partial charge in [0.05, 0.1) is 11.6 Å². The van der Waals surface area contributed by atoms with Crippen molar-refractivity contribution in [2.75, 3.05) is 19.0 Å². The maximum atomic E-state index is 8.77. The van der Waals surface area contributed by atoms with Crippen LogP contribution in [0.25, 0.3) is 10.9 Å². The summed E-state index contributed by atoms with van der Waals surface area (Å²) in [6.45, 7) is 4.22. The van der Waals surface area contributed by atoms with Crippen LogP contribution in [0.4, 0.5) is 5.82 Å². The van der Waals surface area contributed by atoms with E-state index in [9.17, 15) is 0 Å². The van der Waals surface area contributed by atoms with Crippen LogP contribution in [-0.2, 0) is 6.42 Å². The Morgan fingerprint density at radius 1 is 1.26 bits per heavy atom. The quantitative estimate of drug-likeness (QED) is 0.842. The fourth-order valence-electron chi connectivity index (χ4n) is 2.28. The lowest BCUT2D eigenvalue weighted by Crippen LogP contribution is -2.13. The van der Waals surface area contributed by atoms with Gasteiger partial charge in [-0.2, -0.15) is 5.26 Å². The second-order valence-electron chi connectivity index (χ2n) is 5.10. The molecule has 0 aliphatic carbocycles. The molecule has 0 bridgehead atoms. The van der Waals surface area contributed by atoms with Gasteiger partial charge in [-0.3, -0.25) is 0 Å². The number of benzene rings is 1. The van der Waals surface area contributed by atoms with Gasteiger partial charge in [0.1, 0.15) is 5.82 Å². The van der Waals surface area contributed by atoms with Crippen molar-refractivity contribution >= 4 is 16.7 Å². The van der Waals surface area contributed by atoms with Crippen LogP contribution in [0.15, 0.2) is 18.2 Å². The minimum Gasteiger partial charge on any atom is -0.362 e. The van der Waals surface area contributed by atoms with Crippen LogP contribution in [0.3, 0.4) is 0 Å². The largest absolute Gasteiger partial charge is 0.362 e. The summed E-state index contributed by atoms with van der Waals surface area (Å²) in [7, 11) is 3.99. The van der Waals surface area contributed by atoms with Gasteiger partial charge < -0.3 is 4.90 Å². The molecule has 0 radical (unpaired) electrons. The molecular formula is C16H19N3. The number of aromatic nitrogens is 1. The first-order chi connectivity index (χ1) is 9.04. The predicted octanol–water partition coefficient (Wildman–Crippen LogP) is 3.37. The SMILES string of the molecule is Cc1ccc2cc(CCC#N)c(N(C)C)nc2c1C. The van der Waals surface area contributed by atoms with E-state index in [-0.39, 0.29) is 0 Å². The van der Waals surface area contributed by atoms with Gasteiger partial charge in [-0.1, -0.05) is 12.1 Å². The highest BCUT2D eigenvalue weighted by Crippen LogP contribution is 2.26. The molecule has 2 aromatic rings. The van der Waals surface area contributed by atoms with Crippen LogP contribution in [0.1, 0.15) is 23.1 Å². The van der Waals surface area contributed by atoms with Gasteiger partial charge in [0.25, 0.3) is 0 Å². The summed E-state index contributed by atoms with van der Waals surface area (Å²) >= 11 is 0. The number of nitriles is 1. The average Bonchev–Trinajstić information content (AvgIpc) is 2.39. The van der Waals surface area contributed by atoms with Crippen LogP contribution in [-0.4, -0.2) is 19.1 Å². The standard InChI is InChI=1S/C16H19N3/c1-11-7-8-13-10-14(6-5-9-17)16(19(3)4)18-15(13)12(11)2/h7-8,10H,5-6H2,1-4H3. The molecule has 0 atom stereocenters. The Morgan fingerprint density at radius 3 is 2.63 bits per heavy atom. The summed E-state index contributed by atoms with van der Waals surface area (Å²) in [5.74, 6) is 0.969. The third kappa shape index (κ3) is 2.53. The molecule has 0 saturated heterocycles. The summed E-state index contributed by atoms with van der Waals surface area (Å²) in [6.07, 6.45) is 1.28. The average molecular weight is 253 g/mol. The number of rotatable bonds is 3. The Kier molecular flexibility index (Phi) is 3.71. The highest BCUT2D eigenvalue weighted by Gasteiger charge is 2.10. The van der Waals surface area contributed by atoms with Crippen LogP contribution >= 0.6 is 0 Å². The molecule has 0 N–H and O–H groups in total. The Labute approximate surface area is 114 Å². The Bertz CT molecular complexity index is 651. The third-order valence-corrected chi connectivity index (χ3v) is 3.50. The molecule has 0 saturated carbocycles. The molecule has 98 valence electrons. The zero-order valence-corrected chi connectivity index (χ0v) is 12.0. The van der Waals surface area contributed by atoms with Crippen LogP contribution in [0.5, 0.6) is 0 Å². The normalized spacial score (nSPS) is 10.5. The second kappa shape index (κ2) is 5.27. The van der Waals surface area contributed by atoms with Crippen molar-refractivity contribution in [2.24, 2.45) is 0 Å². The molecule has 0 aliphatic heterocycles. The molecular weight excluding hydrogens is 234 g/mol. The molecule has 1 aromatic carbocycles. The summed E-state index contributed by atoms with van der Waals surface area (Å²) in [4.78, 5) is 6.83. The van der Waals surface area contributed by atoms with Crippen molar-refractivity contribution in [3.63, 3.8) is 0 Å². The molecule has 0 fully saturated rings. The summed E-state index contributed by atoms with van der Waals surface area (Å²) < 4.78 is 0. The second-order valence-corrected chi connectivity index (χ2v) is 5.10. The lowest BCUT2D eigenvalue weighted by Gasteiger charge is -2.18. The van der Waals surface area contributed by atoms with Crippen molar-refractivity contribution in [3.05, 3.63) is 34.9 Å². The van der Waals surface area contributed by atoms with E-state index in [0.717, 1.165) is 28.7 Å². The zero-order chi connectivity index (χ0) is 14.0. The molecule has 0 aliphatic rings. The monoisotopic (exact) mass is 253 g/mol. The predicted molar refractivity (Wildman–Crippen MR) is 79.5 cm³/mol. The minimum absolute atomic E-state index is 0.527. The van der Waals surface area contributed by atoms with E-state index in [1.807, 2.05) is 19.0 Å². The Hall–Kier alpha value is -2.08. The van der Waals surface area contributed by atoms with Gasteiger partial charge in [-0.25, -0.2) is 4.98 Å². The number of aryl methyl sites for hydroxylation is 3. The number of fused-ring (bicyclic) bond motifs is 1. The molecule has 3 nitrogen and oxygen atoms in total. The first-order valence-electron chi connectivity index (χ1n) is 6.48. The molecule has 1 heterocycles. The van der Waals surface area contributed by atoms with Gasteiger partial charge in [0, 0.05) is 25.9 Å². The van der Waals surface area contributed by atoms with E-state index >= 15 is 0 Å². The summed E-state index contributed by atoms with van der Waals surface area (Å²) in [6, 6.07) is 8.61. The topological polar surface area (TPSA) is 39.9 Å². The van der Waals surface area contributed by atoms with Crippen molar-refractivity contribution < 1.29 is 0 Å². The first-order valence-corrected chi connectivity index (χ1v) is 6.48. The number of anilines is 1. The molecule has 3 heteroatoms. The van der Waals surface area contributed by atoms with E-state index in [1.165, 1.54) is 11.1 Å². The number of hydrogen-bond donors (Lipinski definition) is 0. The summed E-state index contributed by atoms with van der Waals surface area (Å²) in [5, 5.41) is 9.92. The highest BCUT2D eigenvalue weighted by molar-refractivity contribution is 5.85. The first kappa shape index (κ1) is 13.4. The van der Waals surface area contributed by atoms with Crippen molar-refractivity contribution in [3.8, 4) is 6.07 Å². The van der Waals surface area contributed by atoms with E-state index in [0.29, 0.717) is 6.42 Å². The lowest BCUT2D eigenvalue weighted by molar-refractivity contribution is 0.968. The minimum atomic E-state index is 0.527. The molecule has 0 unspecified atom stereocenters. The van der Waals surface area contributed by atoms with Crippen molar-refractivity contribution in [2.45, 2.75) is 26.7 Å². The van der Waals surface area contributed by atoms with Gasteiger partial charge in [0.15, 0.2) is 0 Å². The third-order valence-electron chi connectivity index (χ3n) is 3.50. The van der Waals surface area contributed by atoms with Crippen LogP contribution < -0.4 is 4.90 Å². The number of nitrogens with zero attached hydrogens (tertiary/aromatic N) is 3. The van der Waals surface area contributed by atoms with Crippen molar-refractivity contribution in [1.82, 2.24) is 4.98 Å². The Balaban J connectivity index is 2.66.